The van der Waals surface area contributed by atoms with E-state index in [9.17, 15) is 4.79 Å². The van der Waals surface area contributed by atoms with E-state index in [0.717, 1.165) is 10.9 Å². The van der Waals surface area contributed by atoms with Crippen molar-refractivity contribution in [2.75, 3.05) is 6.61 Å². The second kappa shape index (κ2) is 6.67. The van der Waals surface area contributed by atoms with E-state index < -0.39 is 9.04 Å². The highest BCUT2D eigenvalue weighted by Gasteiger charge is 2.24. The minimum atomic E-state index is -0.875. The third-order valence-electron chi connectivity index (χ3n) is 3.65. The molecule has 0 aliphatic carbocycles. The topological polar surface area (TPSA) is 48.7 Å². The Hall–Kier alpha value is -1.59. The van der Waals surface area contributed by atoms with Gasteiger partial charge in [-0.2, -0.15) is 0 Å². The molecule has 1 aromatic heterocycles. The number of carbonyl (C=O) groups excluding carboxylic acids is 1. The van der Waals surface area contributed by atoms with Crippen LogP contribution in [0.25, 0.3) is 11.0 Å². The van der Waals surface area contributed by atoms with Crippen molar-refractivity contribution in [3.63, 3.8) is 0 Å². The average Bonchev–Trinajstić information content (AvgIpc) is 2.87. The van der Waals surface area contributed by atoms with Crippen LogP contribution >= 0.6 is 0 Å². The summed E-state index contributed by atoms with van der Waals surface area (Å²) in [5.74, 6) is -0.350. The molecule has 5 heteroatoms. The Morgan fingerprint density at radius 2 is 2.05 bits per heavy atom. The second-order valence-electron chi connectivity index (χ2n) is 6.30. The Kier molecular flexibility index (Phi) is 5.08. The Labute approximate surface area is 133 Å². The summed E-state index contributed by atoms with van der Waals surface area (Å²) in [4.78, 5) is 11.8. The zero-order valence-electron chi connectivity index (χ0n) is 13.9. The van der Waals surface area contributed by atoms with Gasteiger partial charge in [0.05, 0.1) is 13.2 Å². The van der Waals surface area contributed by atoms with Gasteiger partial charge in [-0.15, -0.1) is 0 Å². The molecule has 0 saturated carbocycles. The predicted molar refractivity (Wildman–Crippen MR) is 88.3 cm³/mol. The third kappa shape index (κ3) is 3.78. The maximum Gasteiger partial charge on any atom is 0.342 e. The molecule has 0 spiro atoms. The lowest BCUT2D eigenvalue weighted by molar-refractivity contribution is 0.0527. The van der Waals surface area contributed by atoms with Gasteiger partial charge in [-0.05, 0) is 36.2 Å². The molecule has 0 bridgehead atoms. The number of benzene rings is 1. The number of ether oxygens (including phenoxy) is 1. The molecule has 0 aliphatic rings. The van der Waals surface area contributed by atoms with Crippen LogP contribution in [0.5, 0.6) is 0 Å². The van der Waals surface area contributed by atoms with Crippen molar-refractivity contribution >= 4 is 26.0 Å². The molecule has 0 amide bonds. The molecule has 0 atom stereocenters. The lowest BCUT2D eigenvalue weighted by Gasteiger charge is -2.24. The highest BCUT2D eigenvalue weighted by molar-refractivity contribution is 6.53. The van der Waals surface area contributed by atoms with Gasteiger partial charge >= 0.3 is 5.97 Å². The van der Waals surface area contributed by atoms with Crippen LogP contribution < -0.4 is 0 Å². The number of hydrogen-bond donors (Lipinski definition) is 0. The molecular weight excluding hydrogens is 296 g/mol. The Balaban J connectivity index is 2.13. The minimum Gasteiger partial charge on any atom is -0.463 e. The van der Waals surface area contributed by atoms with Crippen molar-refractivity contribution in [3.05, 3.63) is 35.6 Å². The molecule has 2 rings (SSSR count). The Morgan fingerprint density at radius 3 is 2.68 bits per heavy atom. The van der Waals surface area contributed by atoms with Crippen molar-refractivity contribution in [3.8, 4) is 0 Å². The van der Waals surface area contributed by atoms with Crippen molar-refractivity contribution in [1.82, 2.24) is 0 Å². The fraction of sp³-hybridized carbons (Fsp3) is 0.471. The van der Waals surface area contributed by atoms with Gasteiger partial charge < -0.3 is 13.6 Å². The average molecular weight is 319 g/mol. The Bertz CT molecular complexity index is 654. The quantitative estimate of drug-likeness (QED) is 0.599. The van der Waals surface area contributed by atoms with Crippen molar-refractivity contribution in [1.29, 1.82) is 0 Å². The summed E-state index contributed by atoms with van der Waals surface area (Å²) in [6.45, 7) is 11.5. The number of carbonyl (C=O) groups is 1. The number of rotatable bonds is 5. The fourth-order valence-corrected chi connectivity index (χ4v) is 2.75. The van der Waals surface area contributed by atoms with E-state index in [2.05, 4.69) is 27.3 Å². The van der Waals surface area contributed by atoms with Crippen LogP contribution in [0.15, 0.2) is 28.9 Å². The molecule has 119 valence electrons. The van der Waals surface area contributed by atoms with Gasteiger partial charge in [0.25, 0.3) is 0 Å². The summed E-state index contributed by atoms with van der Waals surface area (Å²) in [5.41, 5.74) is 2.20. The van der Waals surface area contributed by atoms with E-state index in [1.54, 1.807) is 6.92 Å². The summed E-state index contributed by atoms with van der Waals surface area (Å²) in [6, 6.07) is 5.79. The van der Waals surface area contributed by atoms with Crippen LogP contribution in [0.2, 0.25) is 11.6 Å². The van der Waals surface area contributed by atoms with Crippen molar-refractivity contribution < 1.29 is 18.4 Å². The van der Waals surface area contributed by atoms with Crippen LogP contribution in [-0.4, -0.2) is 21.6 Å². The minimum absolute atomic E-state index is 0.205. The molecular formula is C17H23O4Si. The predicted octanol–water partition coefficient (Wildman–Crippen LogP) is 4.55. The zero-order chi connectivity index (χ0) is 16.3. The van der Waals surface area contributed by atoms with Crippen molar-refractivity contribution in [2.45, 2.75) is 45.9 Å². The maximum atomic E-state index is 11.8. The highest BCUT2D eigenvalue weighted by Crippen LogP contribution is 2.28. The molecule has 0 fully saturated rings. The molecule has 4 nitrogen and oxygen atoms in total. The van der Waals surface area contributed by atoms with E-state index >= 15 is 0 Å². The summed E-state index contributed by atoms with van der Waals surface area (Å²) in [5, 5.41) is 0.983. The molecule has 0 unspecified atom stereocenters. The number of esters is 1. The van der Waals surface area contributed by atoms with Crippen LogP contribution in [0.3, 0.4) is 0 Å². The lowest BCUT2D eigenvalue weighted by Crippen LogP contribution is -2.25. The first kappa shape index (κ1) is 16.8. The van der Waals surface area contributed by atoms with Gasteiger partial charge in [0.2, 0.25) is 9.04 Å². The van der Waals surface area contributed by atoms with Gasteiger partial charge in [0.15, 0.2) is 0 Å². The van der Waals surface area contributed by atoms with E-state index in [4.69, 9.17) is 13.6 Å². The second-order valence-corrected chi connectivity index (χ2v) is 9.20. The number of hydrogen-bond acceptors (Lipinski definition) is 4. The summed E-state index contributed by atoms with van der Waals surface area (Å²) in [6.07, 6.45) is 1.46. The van der Waals surface area contributed by atoms with Crippen LogP contribution in [-0.2, 0) is 15.8 Å². The van der Waals surface area contributed by atoms with E-state index in [0.29, 0.717) is 24.4 Å². The molecule has 1 radical (unpaired) electrons. The molecule has 2 aromatic rings. The molecule has 22 heavy (non-hydrogen) atoms. The third-order valence-corrected chi connectivity index (χ3v) is 6.34. The molecule has 1 aromatic carbocycles. The highest BCUT2D eigenvalue weighted by atomic mass is 28.3. The fourth-order valence-electron chi connectivity index (χ4n) is 1.94. The van der Waals surface area contributed by atoms with Gasteiger partial charge in [0, 0.05) is 5.39 Å². The van der Waals surface area contributed by atoms with Gasteiger partial charge in [-0.3, -0.25) is 0 Å². The summed E-state index contributed by atoms with van der Waals surface area (Å²) >= 11 is 0. The molecule has 0 aliphatic heterocycles. The maximum absolute atomic E-state index is 11.8. The van der Waals surface area contributed by atoms with E-state index in [-0.39, 0.29) is 11.0 Å². The zero-order valence-corrected chi connectivity index (χ0v) is 14.9. The van der Waals surface area contributed by atoms with Gasteiger partial charge in [-0.25, -0.2) is 4.79 Å². The first-order valence-corrected chi connectivity index (χ1v) is 9.38. The smallest absolute Gasteiger partial charge is 0.342 e. The normalized spacial score (nSPS) is 12.1. The Morgan fingerprint density at radius 1 is 1.32 bits per heavy atom. The summed E-state index contributed by atoms with van der Waals surface area (Å²) < 4.78 is 16.5. The van der Waals surface area contributed by atoms with Crippen LogP contribution in [0, 0.1) is 0 Å². The molecule has 1 heterocycles. The standard InChI is InChI=1S/C17H23O4Si/c1-6-19-16(18)14-11-20-15-9-12(7-8-13(14)15)10-21-22(5)17(2,3)4/h7-9,11H,6,10H2,1-5H3. The van der Waals surface area contributed by atoms with Crippen LogP contribution in [0.1, 0.15) is 43.6 Å². The van der Waals surface area contributed by atoms with Gasteiger partial charge in [0.1, 0.15) is 17.4 Å². The van der Waals surface area contributed by atoms with Crippen LogP contribution in [0.4, 0.5) is 0 Å². The largest absolute Gasteiger partial charge is 0.463 e. The number of fused-ring (bicyclic) bond motifs is 1. The monoisotopic (exact) mass is 319 g/mol. The number of furan rings is 1. The molecule has 0 N–H and O–H groups in total. The first-order valence-electron chi connectivity index (χ1n) is 7.47. The molecule has 0 saturated heterocycles. The van der Waals surface area contributed by atoms with E-state index in [1.165, 1.54) is 6.26 Å². The lowest BCUT2D eigenvalue weighted by atomic mass is 10.1. The van der Waals surface area contributed by atoms with Crippen molar-refractivity contribution in [2.24, 2.45) is 0 Å². The van der Waals surface area contributed by atoms with Gasteiger partial charge in [-0.1, -0.05) is 26.8 Å². The summed E-state index contributed by atoms with van der Waals surface area (Å²) in [7, 11) is -0.875. The van der Waals surface area contributed by atoms with E-state index in [1.807, 2.05) is 18.2 Å². The first-order chi connectivity index (χ1) is 10.3. The SMILES string of the molecule is CCOC(=O)c1coc2cc(CO[Si](C)C(C)(C)C)ccc12.